The molecule has 3 fully saturated rings. The molecule has 6 heterocycles. The molecule has 1 unspecified atom stereocenters. The Morgan fingerprint density at radius 2 is 1.82 bits per heavy atom. The SMILES string of the molecule is CC1(C)CCC(CN2CCN(c3ccc(C(=O)NS(=O)(=O)c4ccc(NCC5CCN(C6COC6)C5)c([N+](=O)[O-])c4)c(-n4[nH]cc5nc6nccc6cc54)c3)CC2)=C(c2ccc(Cl)cc2)C1. The van der Waals surface area contributed by atoms with Crippen molar-refractivity contribution in [1.29, 1.82) is 0 Å². The summed E-state index contributed by atoms with van der Waals surface area (Å²) in [7, 11) is -4.57. The molecule has 0 saturated carbocycles. The number of fused-ring (bicyclic) bond motifs is 2. The number of aromatic amines is 1. The minimum absolute atomic E-state index is 0.0733. The van der Waals surface area contributed by atoms with Gasteiger partial charge in [0.2, 0.25) is 0 Å². The van der Waals surface area contributed by atoms with Crippen molar-refractivity contribution >= 4 is 72.2 Å². The molecule has 0 bridgehead atoms. The van der Waals surface area contributed by atoms with Crippen LogP contribution in [0.5, 0.6) is 0 Å². The zero-order valence-electron chi connectivity index (χ0n) is 37.0. The third-order valence-corrected chi connectivity index (χ3v) is 15.4. The van der Waals surface area contributed by atoms with Gasteiger partial charge in [-0.15, -0.1) is 0 Å². The van der Waals surface area contributed by atoms with E-state index in [9.17, 15) is 23.3 Å². The first-order valence-electron chi connectivity index (χ1n) is 22.6. The lowest BCUT2D eigenvalue weighted by Gasteiger charge is -2.39. The fourth-order valence-electron chi connectivity index (χ4n) is 9.87. The van der Waals surface area contributed by atoms with Gasteiger partial charge in [0.1, 0.15) is 11.2 Å². The van der Waals surface area contributed by atoms with Gasteiger partial charge in [0.25, 0.3) is 21.6 Å². The van der Waals surface area contributed by atoms with Crippen molar-refractivity contribution in [3.05, 3.63) is 117 Å². The number of amides is 1. The van der Waals surface area contributed by atoms with Crippen LogP contribution in [-0.2, 0) is 14.8 Å². The number of sulfonamides is 1. The third-order valence-electron chi connectivity index (χ3n) is 13.8. The second-order valence-electron chi connectivity index (χ2n) is 18.8. The number of likely N-dealkylation sites (tertiary alicyclic amines) is 1. The Morgan fingerprint density at radius 1 is 1.02 bits per heavy atom. The predicted octanol–water partition coefficient (Wildman–Crippen LogP) is 7.50. The molecule has 6 aromatic rings. The highest BCUT2D eigenvalue weighted by atomic mass is 35.5. The second-order valence-corrected chi connectivity index (χ2v) is 21.0. The number of anilines is 2. The van der Waals surface area contributed by atoms with Crippen molar-refractivity contribution < 1.29 is 22.9 Å². The minimum Gasteiger partial charge on any atom is -0.379 e. The van der Waals surface area contributed by atoms with Gasteiger partial charge < -0.3 is 15.0 Å². The summed E-state index contributed by atoms with van der Waals surface area (Å²) in [5.74, 6) is -0.614. The molecule has 1 amide bonds. The molecular formula is C48H53ClN10O6S. The average Bonchev–Trinajstić information content (AvgIpc) is 4.05. The van der Waals surface area contributed by atoms with E-state index in [-0.39, 0.29) is 22.6 Å². The number of carbonyl (C=O) groups is 1. The van der Waals surface area contributed by atoms with E-state index in [1.165, 1.54) is 28.8 Å². The monoisotopic (exact) mass is 932 g/mol. The molecular weight excluding hydrogens is 880 g/mol. The first-order chi connectivity index (χ1) is 31.8. The van der Waals surface area contributed by atoms with Crippen LogP contribution in [0.15, 0.2) is 95.7 Å². The second kappa shape index (κ2) is 17.8. The van der Waals surface area contributed by atoms with Crippen molar-refractivity contribution in [1.82, 2.24) is 34.3 Å². The number of nitrogens with one attached hydrogen (secondary N) is 3. The van der Waals surface area contributed by atoms with E-state index < -0.39 is 31.4 Å². The number of carbonyl (C=O) groups excluding carboxylic acids is 1. The van der Waals surface area contributed by atoms with Crippen LogP contribution in [-0.4, -0.2) is 120 Å². The Kier molecular flexibility index (Phi) is 11.8. The van der Waals surface area contributed by atoms with E-state index >= 15 is 0 Å². The standard InChI is InChI=1S/C48H53ClN10O6S/c1-48(2)14-11-34(40(24-48)32-3-5-35(49)6-4-32)28-55-17-19-56(20-18-55)36-7-9-39(43(22-36)58-44-21-33-12-15-50-46(33)53-42(44)26-52-58)47(60)54-66(63,64)38-8-10-41(45(23-38)59(61)62)51-25-31-13-16-57(27-31)37-29-65-30-37/h3-10,12,15,21-23,26,31,37,51-52H,11,13-14,16-20,24-25,27-30H2,1-2H3,(H,54,60). The van der Waals surface area contributed by atoms with Crippen molar-refractivity contribution in [2.24, 2.45) is 11.3 Å². The topological polar surface area (TPSA) is 184 Å². The molecule has 344 valence electrons. The van der Waals surface area contributed by atoms with Crippen LogP contribution in [0.3, 0.4) is 0 Å². The van der Waals surface area contributed by atoms with Gasteiger partial charge in [0.15, 0.2) is 5.65 Å². The maximum Gasteiger partial charge on any atom is 0.293 e. The van der Waals surface area contributed by atoms with E-state index in [1.807, 2.05) is 36.4 Å². The van der Waals surface area contributed by atoms with Crippen LogP contribution in [0.25, 0.3) is 33.3 Å². The van der Waals surface area contributed by atoms with E-state index in [1.54, 1.807) is 23.1 Å². The minimum atomic E-state index is -4.57. The molecule has 0 radical (unpaired) electrons. The number of H-pyrrole nitrogens is 1. The Hall–Kier alpha value is -5.85. The van der Waals surface area contributed by atoms with Crippen molar-refractivity contribution in [3.63, 3.8) is 0 Å². The van der Waals surface area contributed by atoms with Crippen LogP contribution >= 0.6 is 11.6 Å². The average molecular weight is 934 g/mol. The Balaban J connectivity index is 0.890. The number of ether oxygens (including phenoxy) is 1. The molecule has 66 heavy (non-hydrogen) atoms. The highest BCUT2D eigenvalue weighted by Gasteiger charge is 2.34. The molecule has 3 aromatic carbocycles. The largest absolute Gasteiger partial charge is 0.379 e. The maximum absolute atomic E-state index is 14.3. The van der Waals surface area contributed by atoms with Gasteiger partial charge in [0.05, 0.1) is 45.8 Å². The lowest BCUT2D eigenvalue weighted by Crippen LogP contribution is -2.48. The van der Waals surface area contributed by atoms with Gasteiger partial charge >= 0.3 is 0 Å². The number of nitrogens with zero attached hydrogens (tertiary/aromatic N) is 7. The van der Waals surface area contributed by atoms with Crippen LogP contribution in [0.4, 0.5) is 17.1 Å². The van der Waals surface area contributed by atoms with Gasteiger partial charge in [-0.25, -0.2) is 23.1 Å². The number of allylic oxidation sites excluding steroid dienone is 1. The molecule has 1 atom stereocenters. The quantitative estimate of drug-likeness (QED) is 0.0767. The number of nitro groups is 1. The van der Waals surface area contributed by atoms with Crippen molar-refractivity contribution in [3.8, 4) is 5.69 Å². The lowest BCUT2D eigenvalue weighted by atomic mass is 9.72. The number of rotatable bonds is 13. The number of nitro benzene ring substituents is 1. The number of piperazine rings is 1. The summed E-state index contributed by atoms with van der Waals surface area (Å²) in [6.45, 7) is 12.5. The van der Waals surface area contributed by atoms with Crippen LogP contribution < -0.4 is 14.9 Å². The Bertz CT molecular complexity index is 2970. The van der Waals surface area contributed by atoms with Crippen LogP contribution in [0.1, 0.15) is 55.5 Å². The molecule has 4 aliphatic rings. The summed E-state index contributed by atoms with van der Waals surface area (Å²) in [6.07, 6.45) is 7.55. The molecule has 1 aliphatic carbocycles. The van der Waals surface area contributed by atoms with Gasteiger partial charge in [-0.2, -0.15) is 0 Å². The van der Waals surface area contributed by atoms with Gasteiger partial charge in [-0.05, 0) is 109 Å². The molecule has 3 saturated heterocycles. The fourth-order valence-corrected chi connectivity index (χ4v) is 11.0. The molecule has 3 aliphatic heterocycles. The van der Waals surface area contributed by atoms with Gasteiger partial charge in [-0.1, -0.05) is 43.2 Å². The Labute approximate surface area is 388 Å². The number of hydrogen-bond acceptors (Lipinski definition) is 12. The van der Waals surface area contributed by atoms with Gasteiger partial charge in [0, 0.05) is 80.4 Å². The summed E-state index contributed by atoms with van der Waals surface area (Å²) >= 11 is 6.26. The number of benzene rings is 3. The molecule has 0 spiro atoms. The predicted molar refractivity (Wildman–Crippen MR) is 256 cm³/mol. The van der Waals surface area contributed by atoms with E-state index in [0.29, 0.717) is 35.0 Å². The smallest absolute Gasteiger partial charge is 0.293 e. The normalized spacial score (nSPS) is 19.7. The maximum atomic E-state index is 14.3. The first kappa shape index (κ1) is 44.0. The van der Waals surface area contributed by atoms with E-state index in [4.69, 9.17) is 21.3 Å². The highest BCUT2D eigenvalue weighted by Crippen LogP contribution is 2.43. The van der Waals surface area contributed by atoms with E-state index in [0.717, 1.165) is 107 Å². The number of hydrogen-bond donors (Lipinski definition) is 3. The number of halogens is 1. The molecule has 3 aromatic heterocycles. The molecule has 10 rings (SSSR count). The molecule has 3 N–H and O–H groups in total. The highest BCUT2D eigenvalue weighted by molar-refractivity contribution is 7.90. The number of aromatic nitrogens is 4. The van der Waals surface area contributed by atoms with Crippen molar-refractivity contribution in [2.75, 3.05) is 75.8 Å². The summed E-state index contributed by atoms with van der Waals surface area (Å²) in [6, 6.07) is 21.4. The third kappa shape index (κ3) is 9.01. The van der Waals surface area contributed by atoms with E-state index in [2.05, 4.69) is 60.8 Å². The molecule has 18 heteroatoms. The van der Waals surface area contributed by atoms with Crippen LogP contribution in [0.2, 0.25) is 5.02 Å². The fraction of sp³-hybridized carbons (Fsp3) is 0.396. The number of pyridine rings is 1. The first-order valence-corrected chi connectivity index (χ1v) is 24.4. The Morgan fingerprint density at radius 3 is 2.58 bits per heavy atom. The zero-order valence-corrected chi connectivity index (χ0v) is 38.6. The van der Waals surface area contributed by atoms with Gasteiger partial charge in [-0.3, -0.25) is 34.5 Å². The van der Waals surface area contributed by atoms with Crippen molar-refractivity contribution in [2.45, 2.75) is 50.5 Å². The summed E-state index contributed by atoms with van der Waals surface area (Å²) in [4.78, 5) is 41.7. The molecule has 16 nitrogen and oxygen atoms in total. The lowest BCUT2D eigenvalue weighted by molar-refractivity contribution is -0.384. The summed E-state index contributed by atoms with van der Waals surface area (Å²) in [5.41, 5.74) is 7.36. The van der Waals surface area contributed by atoms with Crippen LogP contribution in [0, 0.1) is 21.4 Å². The zero-order chi connectivity index (χ0) is 45.7. The summed E-state index contributed by atoms with van der Waals surface area (Å²) < 4.78 is 37.1. The summed E-state index contributed by atoms with van der Waals surface area (Å²) in [5, 5.41) is 20.2.